The molecule has 2 fully saturated rings. The van der Waals surface area contributed by atoms with E-state index < -0.39 is 5.60 Å². The Hall–Kier alpha value is -1.11. The van der Waals surface area contributed by atoms with Gasteiger partial charge in [0, 0.05) is 43.2 Å². The third-order valence-corrected chi connectivity index (χ3v) is 4.96. The molecule has 1 aromatic carbocycles. The van der Waals surface area contributed by atoms with Crippen molar-refractivity contribution in [1.29, 1.82) is 0 Å². The number of carbonyl (C=O) groups is 1. The zero-order valence-electron chi connectivity index (χ0n) is 14.7. The number of rotatable bonds is 2. The first-order valence-electron chi connectivity index (χ1n) is 8.49. The molecule has 5 nitrogen and oxygen atoms in total. The van der Waals surface area contributed by atoms with E-state index in [4.69, 9.17) is 4.74 Å². The van der Waals surface area contributed by atoms with E-state index >= 15 is 0 Å². The van der Waals surface area contributed by atoms with Gasteiger partial charge in [0.2, 0.25) is 0 Å². The maximum absolute atomic E-state index is 12.3. The van der Waals surface area contributed by atoms with Crippen LogP contribution in [0.2, 0.25) is 0 Å². The predicted octanol–water partition coefficient (Wildman–Crippen LogP) is 3.14. The van der Waals surface area contributed by atoms with Crippen molar-refractivity contribution in [3.05, 3.63) is 34.3 Å². The van der Waals surface area contributed by atoms with E-state index in [-0.39, 0.29) is 6.09 Å². The Bertz CT molecular complexity index is 585. The number of amides is 1. The van der Waals surface area contributed by atoms with Gasteiger partial charge >= 0.3 is 6.09 Å². The Morgan fingerprint density at radius 3 is 2.58 bits per heavy atom. The summed E-state index contributed by atoms with van der Waals surface area (Å²) in [5, 5.41) is 0. The number of fused-ring (bicyclic) bond motifs is 1. The van der Waals surface area contributed by atoms with Gasteiger partial charge in [-0.25, -0.2) is 4.79 Å². The fraction of sp³-hybridized carbons (Fsp3) is 0.611. The van der Waals surface area contributed by atoms with E-state index in [0.717, 1.165) is 43.9 Å². The Morgan fingerprint density at radius 2 is 1.92 bits per heavy atom. The lowest BCUT2D eigenvalue weighted by Crippen LogP contribution is -2.53. The second-order valence-corrected chi connectivity index (χ2v) is 8.59. The van der Waals surface area contributed by atoms with E-state index in [1.54, 1.807) is 0 Å². The van der Waals surface area contributed by atoms with Gasteiger partial charge in [0.1, 0.15) is 5.60 Å². The van der Waals surface area contributed by atoms with Crippen LogP contribution in [0.4, 0.5) is 4.79 Å². The normalized spacial score (nSPS) is 22.5. The minimum Gasteiger partial charge on any atom is -0.444 e. The molecule has 0 aliphatic carbocycles. The van der Waals surface area contributed by atoms with Crippen LogP contribution in [0.1, 0.15) is 26.3 Å². The number of ether oxygens (including phenoxy) is 1. The van der Waals surface area contributed by atoms with Crippen molar-refractivity contribution in [2.24, 2.45) is 0 Å². The summed E-state index contributed by atoms with van der Waals surface area (Å²) in [5.41, 5.74) is 0.888. The highest BCUT2D eigenvalue weighted by Gasteiger charge is 2.37. The summed E-state index contributed by atoms with van der Waals surface area (Å²) >= 11 is 3.48. The molecule has 132 valence electrons. The van der Waals surface area contributed by atoms with Crippen LogP contribution in [0, 0.1) is 0 Å². The smallest absolute Gasteiger partial charge is 0.410 e. The Balaban J connectivity index is 1.54. The molecule has 6 heteroatoms. The van der Waals surface area contributed by atoms with Crippen molar-refractivity contribution in [2.45, 2.75) is 39.0 Å². The summed E-state index contributed by atoms with van der Waals surface area (Å²) in [7, 11) is 0. The molecule has 2 aliphatic rings. The van der Waals surface area contributed by atoms with Crippen LogP contribution >= 0.6 is 15.9 Å². The lowest BCUT2D eigenvalue weighted by Gasteiger charge is -2.37. The molecule has 0 radical (unpaired) electrons. The van der Waals surface area contributed by atoms with E-state index in [1.807, 2.05) is 25.7 Å². The van der Waals surface area contributed by atoms with Crippen LogP contribution in [-0.2, 0) is 11.3 Å². The van der Waals surface area contributed by atoms with Crippen LogP contribution in [-0.4, -0.2) is 65.3 Å². The maximum atomic E-state index is 12.3. The molecule has 0 unspecified atom stereocenters. The average Bonchev–Trinajstić information content (AvgIpc) is 2.89. The lowest BCUT2D eigenvalue weighted by molar-refractivity contribution is 0.00979. The summed E-state index contributed by atoms with van der Waals surface area (Å²) in [5.74, 6) is 0. The van der Waals surface area contributed by atoms with Gasteiger partial charge in [-0.15, -0.1) is 0 Å². The number of benzene rings is 1. The second-order valence-electron chi connectivity index (χ2n) is 7.67. The summed E-state index contributed by atoms with van der Waals surface area (Å²) in [4.78, 5) is 19.1. The molecule has 2 saturated heterocycles. The van der Waals surface area contributed by atoms with Gasteiger partial charge in [-0.05, 0) is 38.5 Å². The number of hydrogen-bond donors (Lipinski definition) is 0. The van der Waals surface area contributed by atoms with E-state index in [2.05, 4.69) is 50.0 Å². The summed E-state index contributed by atoms with van der Waals surface area (Å²) in [6.07, 6.45) is -0.187. The fourth-order valence-electron chi connectivity index (χ4n) is 3.32. The zero-order valence-corrected chi connectivity index (χ0v) is 16.3. The van der Waals surface area contributed by atoms with Crippen LogP contribution in [0.5, 0.6) is 0 Å². The van der Waals surface area contributed by atoms with Crippen LogP contribution < -0.4 is 0 Å². The van der Waals surface area contributed by atoms with Crippen LogP contribution in [0.3, 0.4) is 0 Å². The minimum atomic E-state index is -0.433. The van der Waals surface area contributed by atoms with E-state index in [0.29, 0.717) is 6.04 Å². The Morgan fingerprint density at radius 1 is 1.21 bits per heavy atom. The SMILES string of the molecule is CC(C)(C)OC(=O)N1CCN2CN(Cc3ccc(Br)cc3)C[C@@H]2C1. The standard InChI is InChI=1S/C18H26BrN3O2/c1-18(2,3)24-17(23)21-8-9-22-13-20(11-16(22)12-21)10-14-4-6-15(19)7-5-14/h4-7,16H,8-13H2,1-3H3/t16-/m1/s1. The number of carbonyl (C=O) groups excluding carboxylic acids is 1. The van der Waals surface area contributed by atoms with Gasteiger partial charge in [-0.1, -0.05) is 28.1 Å². The highest BCUT2D eigenvalue weighted by atomic mass is 79.9. The van der Waals surface area contributed by atoms with Crippen molar-refractivity contribution in [2.75, 3.05) is 32.8 Å². The average molecular weight is 396 g/mol. The minimum absolute atomic E-state index is 0.187. The molecule has 0 spiro atoms. The van der Waals surface area contributed by atoms with E-state index in [1.165, 1.54) is 5.56 Å². The van der Waals surface area contributed by atoms with Crippen LogP contribution in [0.15, 0.2) is 28.7 Å². The van der Waals surface area contributed by atoms with Crippen LogP contribution in [0.25, 0.3) is 0 Å². The number of halogens is 1. The topological polar surface area (TPSA) is 36.0 Å². The maximum Gasteiger partial charge on any atom is 0.410 e. The predicted molar refractivity (Wildman–Crippen MR) is 97.7 cm³/mol. The highest BCUT2D eigenvalue weighted by molar-refractivity contribution is 9.10. The lowest BCUT2D eigenvalue weighted by atomic mass is 10.2. The third kappa shape index (κ3) is 4.49. The molecule has 1 amide bonds. The van der Waals surface area contributed by atoms with Gasteiger partial charge in [0.25, 0.3) is 0 Å². The van der Waals surface area contributed by atoms with Gasteiger partial charge in [-0.2, -0.15) is 0 Å². The highest BCUT2D eigenvalue weighted by Crippen LogP contribution is 2.22. The third-order valence-electron chi connectivity index (χ3n) is 4.43. The molecule has 0 saturated carbocycles. The van der Waals surface area contributed by atoms with Gasteiger partial charge in [0.05, 0.1) is 6.67 Å². The second kappa shape index (κ2) is 7.02. The molecule has 2 heterocycles. The van der Waals surface area contributed by atoms with Gasteiger partial charge in [0.15, 0.2) is 0 Å². The quantitative estimate of drug-likeness (QED) is 0.770. The Labute approximate surface area is 152 Å². The van der Waals surface area contributed by atoms with Gasteiger partial charge in [-0.3, -0.25) is 9.80 Å². The first kappa shape index (κ1) is 17.7. The fourth-order valence-corrected chi connectivity index (χ4v) is 3.58. The molecular formula is C18H26BrN3O2. The number of nitrogens with zero attached hydrogens (tertiary/aromatic N) is 3. The molecule has 1 aromatic rings. The molecule has 24 heavy (non-hydrogen) atoms. The Kier molecular flexibility index (Phi) is 5.18. The molecule has 2 aliphatic heterocycles. The molecule has 0 aromatic heterocycles. The van der Waals surface area contributed by atoms with Crippen molar-refractivity contribution in [3.63, 3.8) is 0 Å². The van der Waals surface area contributed by atoms with Crippen molar-refractivity contribution < 1.29 is 9.53 Å². The molecule has 0 N–H and O–H groups in total. The molecule has 3 rings (SSSR count). The summed E-state index contributed by atoms with van der Waals surface area (Å²) in [6, 6.07) is 8.90. The molecule has 0 bridgehead atoms. The largest absolute Gasteiger partial charge is 0.444 e. The summed E-state index contributed by atoms with van der Waals surface area (Å²) in [6.45, 7) is 11.1. The molecular weight excluding hydrogens is 370 g/mol. The molecule has 1 atom stereocenters. The van der Waals surface area contributed by atoms with E-state index in [9.17, 15) is 4.79 Å². The summed E-state index contributed by atoms with van der Waals surface area (Å²) < 4.78 is 6.62. The number of hydrogen-bond acceptors (Lipinski definition) is 4. The monoisotopic (exact) mass is 395 g/mol. The first-order valence-corrected chi connectivity index (χ1v) is 9.28. The van der Waals surface area contributed by atoms with Crippen molar-refractivity contribution in [1.82, 2.24) is 14.7 Å². The number of piperazine rings is 1. The first-order chi connectivity index (χ1) is 11.3. The van der Waals surface area contributed by atoms with Crippen molar-refractivity contribution >= 4 is 22.0 Å². The zero-order chi connectivity index (χ0) is 17.3. The van der Waals surface area contributed by atoms with Crippen molar-refractivity contribution in [3.8, 4) is 0 Å². The van der Waals surface area contributed by atoms with Gasteiger partial charge < -0.3 is 9.64 Å².